The Morgan fingerprint density at radius 1 is 0.590 bits per heavy atom. The molecule has 17 bridgehead atoms. The maximum Gasteiger partial charge on any atom is 0.335 e. The van der Waals surface area contributed by atoms with Gasteiger partial charge in [0, 0.05) is 47.2 Å². The van der Waals surface area contributed by atoms with E-state index in [0.29, 0.717) is 24.3 Å². The van der Waals surface area contributed by atoms with Crippen LogP contribution in [-0.4, -0.2) is 225 Å². The number of hydrogen-bond donors (Lipinski definition) is 21. The molecular weight excluding hydrogens is 1640 g/mol. The fraction of sp³-hybridized carbons (Fsp3) is 0.410. The van der Waals surface area contributed by atoms with Crippen LogP contribution in [0.2, 0.25) is 10.0 Å². The molecule has 37 nitrogen and oxygen atoms in total. The van der Waals surface area contributed by atoms with Crippen LogP contribution in [0, 0.1) is 5.92 Å². The molecule has 0 saturated carbocycles. The summed E-state index contributed by atoms with van der Waals surface area (Å²) in [6.07, 6.45) is -17.8. The van der Waals surface area contributed by atoms with E-state index < -0.39 is 272 Å². The van der Waals surface area contributed by atoms with Crippen molar-refractivity contribution < 1.29 is 143 Å². The standard InChI is InChI=1S/C83H90Cl2N8O29/c1-33(2)10-8-6-4-5-7-9-11-56(99)88-65-68(102)70(104)73(81(114)115)122-82(65)121-72-53-26-38-27-54(72)118-50-21-16-37(24-45(50)84)66(100)64-79(111)92-63(80(112)113)43-28-39(95)29-52(119-83-71(105)69(103)67(101)55(32-94)120-83)57(43)42-23-35(14-19-47(42)96)60(76(108)93-64)89-77(109)61(38)90-78(110)62-44-30-41(31-49(98)58(44)85)117-51-25-36(15-20-48(51)97)59(86-3)75(107)87-46(74(106)91-62)22-34-12-17-40(116-53)18-13-34/h12-21,23-31,33,46,54-55,59-73,82-83,86,94-98,100-105H,4-11,22,32H2,1-3H3,(H,87,107)(H,88,99)(H,89,109)(H,90,110)(H,91,106)(H,92,111)(H,93,108)(H,112,113)(H,114,115)/t46-,54?,55-,59-,60-,61-,62+,63+,64+,65-,66-,67-,68-,69+,70+,71+,72?,73+,82-,83+/m1/s1. The molecule has 6 aromatic rings. The average Bonchev–Trinajstić information content (AvgIpc) is 0.761. The van der Waals surface area contributed by atoms with Crippen LogP contribution in [0.5, 0.6) is 51.7 Å². The number of carboxylic acid groups (broad SMARTS) is 2. The van der Waals surface area contributed by atoms with Crippen LogP contribution in [0.1, 0.15) is 129 Å². The summed E-state index contributed by atoms with van der Waals surface area (Å²) in [6.45, 7) is 3.27. The highest BCUT2D eigenvalue weighted by molar-refractivity contribution is 6.33. The van der Waals surface area contributed by atoms with Crippen molar-refractivity contribution in [2.75, 3.05) is 13.7 Å². The second-order valence-electron chi connectivity index (χ2n) is 30.9. The zero-order chi connectivity index (χ0) is 87.6. The smallest absolute Gasteiger partial charge is 0.335 e. The number of aliphatic hydroxyl groups is 7. The predicted molar refractivity (Wildman–Crippen MR) is 423 cm³/mol. The first-order valence-corrected chi connectivity index (χ1v) is 39.9. The topological polar surface area (TPSA) is 577 Å². The number of amides is 7. The van der Waals surface area contributed by atoms with Crippen LogP contribution < -0.4 is 61.5 Å². The van der Waals surface area contributed by atoms with Gasteiger partial charge >= 0.3 is 11.9 Å². The van der Waals surface area contributed by atoms with Gasteiger partial charge in [-0.1, -0.05) is 106 Å². The van der Waals surface area contributed by atoms with Crippen molar-refractivity contribution in [1.29, 1.82) is 0 Å². The molecule has 20 atom stereocenters. The molecule has 0 aromatic heterocycles. The number of aromatic hydroxyl groups is 4. The van der Waals surface area contributed by atoms with Crippen molar-refractivity contribution >= 4 is 76.5 Å². The van der Waals surface area contributed by atoms with Gasteiger partial charge in [-0.25, -0.2) is 9.59 Å². The van der Waals surface area contributed by atoms with E-state index in [1.54, 1.807) is 0 Å². The van der Waals surface area contributed by atoms with Gasteiger partial charge in [0.1, 0.15) is 131 Å². The van der Waals surface area contributed by atoms with Crippen LogP contribution >= 0.6 is 23.2 Å². The highest BCUT2D eigenvalue weighted by Gasteiger charge is 2.53. The van der Waals surface area contributed by atoms with E-state index in [9.17, 15) is 85.6 Å². The van der Waals surface area contributed by atoms with E-state index in [4.69, 9.17) is 56.4 Å². The van der Waals surface area contributed by atoms with Gasteiger partial charge < -0.3 is 142 Å². The Hall–Kier alpha value is -11.4. The quantitative estimate of drug-likeness (QED) is 0.0550. The number of aliphatic carboxylic acids is 2. The number of hydrogen-bond acceptors (Lipinski definition) is 28. The van der Waals surface area contributed by atoms with Crippen LogP contribution in [0.4, 0.5) is 0 Å². The van der Waals surface area contributed by atoms with Gasteiger partial charge in [-0.2, -0.15) is 0 Å². The van der Waals surface area contributed by atoms with Crippen molar-refractivity contribution in [2.45, 2.75) is 194 Å². The molecular formula is C83H90Cl2N8O29. The van der Waals surface area contributed by atoms with Gasteiger partial charge in [-0.05, 0) is 120 Å². The summed E-state index contributed by atoms with van der Waals surface area (Å²) in [5, 5.41) is 167. The number of halogens is 2. The van der Waals surface area contributed by atoms with Crippen molar-refractivity contribution in [3.05, 3.63) is 170 Å². The molecule has 0 radical (unpaired) electrons. The Kier molecular flexibility index (Phi) is 27.2. The van der Waals surface area contributed by atoms with Crippen LogP contribution in [0.15, 0.2) is 127 Å². The molecule has 1 aliphatic carbocycles. The number of phenols is 4. The number of ether oxygens (including phenoxy) is 7. The Labute approximate surface area is 704 Å². The van der Waals surface area contributed by atoms with E-state index >= 15 is 24.0 Å². The third kappa shape index (κ3) is 19.1. The van der Waals surface area contributed by atoms with Crippen LogP contribution in [-0.2, 0) is 63.8 Å². The largest absolute Gasteiger partial charge is 0.508 e. The summed E-state index contributed by atoms with van der Waals surface area (Å²) < 4.78 is 44.3. The summed E-state index contributed by atoms with van der Waals surface area (Å²) >= 11 is 14.2. The Morgan fingerprint density at radius 2 is 1.27 bits per heavy atom. The Bertz CT molecular complexity index is 5090. The highest BCUT2D eigenvalue weighted by Crippen LogP contribution is 2.48. The summed E-state index contributed by atoms with van der Waals surface area (Å²) in [6, 6.07) is 2.71. The zero-order valence-electron chi connectivity index (χ0n) is 65.3. The number of carboxylic acids is 2. The van der Waals surface area contributed by atoms with Crippen molar-refractivity contribution in [2.24, 2.45) is 5.92 Å². The van der Waals surface area contributed by atoms with Gasteiger partial charge in [0.15, 0.2) is 42.1 Å². The summed E-state index contributed by atoms with van der Waals surface area (Å²) in [5.74, 6) is -17.3. The zero-order valence-corrected chi connectivity index (χ0v) is 66.8. The lowest BCUT2D eigenvalue weighted by molar-refractivity contribution is -0.278. The van der Waals surface area contributed by atoms with Crippen LogP contribution in [0.3, 0.4) is 0 Å². The molecule has 15 rings (SSSR count). The summed E-state index contributed by atoms with van der Waals surface area (Å²) in [4.78, 5) is 136. The second-order valence-corrected chi connectivity index (χ2v) is 31.7. The Morgan fingerprint density at radius 3 is 1.98 bits per heavy atom. The minimum absolute atomic E-state index is 0.119. The number of likely N-dealkylation sites (N-methyl/N-ethyl adjacent to an activating group) is 1. The first-order valence-electron chi connectivity index (χ1n) is 39.1. The van der Waals surface area contributed by atoms with Gasteiger partial charge in [-0.15, -0.1) is 0 Å². The van der Waals surface area contributed by atoms with Crippen molar-refractivity contribution in [3.63, 3.8) is 0 Å². The number of aliphatic hydroxyl groups excluding tert-OH is 7. The molecule has 8 heterocycles. The first kappa shape index (κ1) is 88.4. The molecule has 2 saturated heterocycles. The molecule has 8 aliphatic heterocycles. The molecule has 2 fully saturated rings. The number of carbonyl (C=O) groups is 9. The lowest BCUT2D eigenvalue weighted by Crippen LogP contribution is -2.66. The van der Waals surface area contributed by atoms with Gasteiger partial charge in [0.2, 0.25) is 47.6 Å². The molecule has 650 valence electrons. The molecule has 21 N–H and O–H groups in total. The van der Waals surface area contributed by atoms with Gasteiger partial charge in [0.25, 0.3) is 0 Å². The number of rotatable bonds is 18. The second kappa shape index (κ2) is 37.5. The third-order valence-corrected chi connectivity index (χ3v) is 22.6. The van der Waals surface area contributed by atoms with E-state index in [1.807, 2.05) is 0 Å². The molecule has 9 aliphatic rings. The molecule has 6 aromatic carbocycles. The molecule has 2 unspecified atom stereocenters. The molecule has 0 spiro atoms. The van der Waals surface area contributed by atoms with Gasteiger partial charge in [0.05, 0.1) is 16.7 Å². The summed E-state index contributed by atoms with van der Waals surface area (Å²) in [5.41, 5.74) is -3.16. The first-order chi connectivity index (χ1) is 58.2. The number of phenolic OH excluding ortho intramolecular Hbond substituents is 4. The Balaban J connectivity index is 1.02. The van der Waals surface area contributed by atoms with Gasteiger partial charge in [-0.3, -0.25) is 33.6 Å². The monoisotopic (exact) mass is 1730 g/mol. The fourth-order valence-corrected chi connectivity index (χ4v) is 15.9. The minimum Gasteiger partial charge on any atom is -0.508 e. The number of benzene rings is 6. The number of unbranched alkanes of at least 4 members (excludes halogenated alkanes) is 5. The maximum atomic E-state index is 16.7. The van der Waals surface area contributed by atoms with Crippen molar-refractivity contribution in [1.82, 2.24) is 42.5 Å². The van der Waals surface area contributed by atoms with E-state index in [1.165, 1.54) is 49.5 Å². The lowest BCUT2D eigenvalue weighted by atomic mass is 9.89. The highest BCUT2D eigenvalue weighted by atomic mass is 35.5. The summed E-state index contributed by atoms with van der Waals surface area (Å²) in [7, 11) is 1.42. The third-order valence-electron chi connectivity index (χ3n) is 21.9. The van der Waals surface area contributed by atoms with Crippen LogP contribution in [0.25, 0.3) is 11.1 Å². The molecule has 122 heavy (non-hydrogen) atoms. The lowest BCUT2D eigenvalue weighted by Gasteiger charge is -2.43. The number of carbonyl (C=O) groups excluding carboxylic acids is 7. The van der Waals surface area contributed by atoms with E-state index in [2.05, 4.69) is 56.4 Å². The maximum absolute atomic E-state index is 16.7. The van der Waals surface area contributed by atoms with E-state index in [0.717, 1.165) is 105 Å². The normalized spacial score (nSPS) is 28.4. The number of nitrogens with one attached hydrogen (secondary N) is 8. The van der Waals surface area contributed by atoms with E-state index in [-0.39, 0.29) is 34.8 Å². The number of fused-ring (bicyclic) bond motifs is 14. The average molecular weight is 1730 g/mol. The fourth-order valence-electron chi connectivity index (χ4n) is 15.5. The molecule has 39 heteroatoms. The van der Waals surface area contributed by atoms with Crippen molar-refractivity contribution in [3.8, 4) is 62.9 Å². The molecule has 7 amide bonds. The minimum atomic E-state index is -2.43. The predicted octanol–water partition coefficient (Wildman–Crippen LogP) is 2.58. The SMILES string of the molecule is CN[C@H]1C(=O)N[C@@H]2Cc3ccc(cc3)OC3=CC4=CC(Oc5ccc(cc5Cl)[C@@H](O)[C@@H]5NC(=O)[C@H](NC(=O)[C@@H]4NC(=O)[C@@H](NC2=O)c2cc(cc(O)c2Cl)Oc2cc1ccc2O)c1ccc(O)c(c1)-c1c(O[C@H]2O[C@H](CO)[C@@H](O)[C@H](O)[C@@H]2O)cc(O)cc1[C@@H](C(=O)O)NC5=O)C3O[C@@H]1O[C@H](C(=O)O)[C@@H](O)[C@H](O)[C@H]1NC(=O)CCCCCCCCC(C)C.